The molecular formula is C20H22N6O3. The number of amides is 2. The molecule has 9 heteroatoms. The van der Waals surface area contributed by atoms with Crippen LogP contribution < -0.4 is 0 Å². The molecule has 3 aromatic heterocycles. The number of carbonyl (C=O) groups is 2. The molecule has 150 valence electrons. The van der Waals surface area contributed by atoms with E-state index >= 15 is 0 Å². The number of hydrogen-bond acceptors (Lipinski definition) is 5. The number of nitrogens with one attached hydrogen (secondary N) is 1. The molecule has 0 spiro atoms. The van der Waals surface area contributed by atoms with Crippen LogP contribution >= 0.6 is 0 Å². The van der Waals surface area contributed by atoms with E-state index < -0.39 is 0 Å². The van der Waals surface area contributed by atoms with Gasteiger partial charge in [0, 0.05) is 38.8 Å². The minimum Gasteiger partial charge on any atom is -0.463 e. The average Bonchev–Trinajstić information content (AvgIpc) is 3.53. The van der Waals surface area contributed by atoms with E-state index in [1.165, 1.54) is 0 Å². The van der Waals surface area contributed by atoms with Gasteiger partial charge in [-0.2, -0.15) is 10.2 Å². The molecule has 2 amide bonds. The van der Waals surface area contributed by atoms with Gasteiger partial charge in [0.25, 0.3) is 11.8 Å². The third kappa shape index (κ3) is 3.22. The zero-order valence-electron chi connectivity index (χ0n) is 16.0. The molecule has 0 unspecified atom stereocenters. The predicted molar refractivity (Wildman–Crippen MR) is 103 cm³/mol. The Balaban J connectivity index is 1.23. The Kier molecular flexibility index (Phi) is 4.42. The van der Waals surface area contributed by atoms with Gasteiger partial charge in [-0.25, -0.2) is 0 Å². The summed E-state index contributed by atoms with van der Waals surface area (Å²) >= 11 is 0. The number of furan rings is 1. The number of carbonyl (C=O) groups excluding carboxylic acids is 2. The highest BCUT2D eigenvalue weighted by molar-refractivity contribution is 5.96. The minimum atomic E-state index is -0.144. The maximum atomic E-state index is 13.0. The quantitative estimate of drug-likeness (QED) is 0.730. The average molecular weight is 394 g/mol. The normalized spacial score (nSPS) is 16.7. The second-order valence-electron chi connectivity index (χ2n) is 7.41. The molecule has 2 aliphatic rings. The largest absolute Gasteiger partial charge is 0.463 e. The number of aryl methyl sites for hydroxylation is 1. The standard InChI is InChI=1S/C20H22N6O3/c27-19(14-13-21-26-6-2-1-4-17(14)26)24-7-9-25(10-8-24)20(28)16-12-15(22-23-16)18-5-3-11-29-18/h3,5,11-13H,1-2,4,6-10H2,(H,22,23). The highest BCUT2D eigenvalue weighted by atomic mass is 16.3. The molecule has 0 saturated carbocycles. The van der Waals surface area contributed by atoms with Gasteiger partial charge in [0.15, 0.2) is 11.5 Å². The molecule has 9 nitrogen and oxygen atoms in total. The van der Waals surface area contributed by atoms with Gasteiger partial charge in [0.1, 0.15) is 5.69 Å². The number of fused-ring (bicyclic) bond motifs is 1. The Labute approximate surface area is 167 Å². The number of piperazine rings is 1. The Morgan fingerprint density at radius 1 is 1.03 bits per heavy atom. The van der Waals surface area contributed by atoms with Crippen LogP contribution in [-0.4, -0.2) is 67.8 Å². The van der Waals surface area contributed by atoms with E-state index in [4.69, 9.17) is 4.42 Å². The van der Waals surface area contributed by atoms with Gasteiger partial charge in [-0.1, -0.05) is 0 Å². The SMILES string of the molecule is O=C(c1cc(-c2ccco2)[nH]n1)N1CCN(C(=O)c2cnn3c2CCCC3)CC1. The molecule has 0 atom stereocenters. The molecule has 29 heavy (non-hydrogen) atoms. The second kappa shape index (κ2) is 7.23. The fourth-order valence-electron chi connectivity index (χ4n) is 4.03. The lowest BCUT2D eigenvalue weighted by Gasteiger charge is -2.34. The van der Waals surface area contributed by atoms with Crippen LogP contribution in [0, 0.1) is 0 Å². The van der Waals surface area contributed by atoms with E-state index in [1.807, 2.05) is 15.6 Å². The van der Waals surface area contributed by atoms with E-state index in [0.717, 1.165) is 31.5 Å². The Hall–Kier alpha value is -3.36. The zero-order valence-corrected chi connectivity index (χ0v) is 16.0. The molecule has 1 N–H and O–H groups in total. The number of aromatic nitrogens is 4. The summed E-state index contributed by atoms with van der Waals surface area (Å²) in [6.45, 7) is 2.86. The number of H-pyrrole nitrogens is 1. The van der Waals surface area contributed by atoms with Crippen molar-refractivity contribution in [2.45, 2.75) is 25.8 Å². The van der Waals surface area contributed by atoms with Crippen LogP contribution in [0.2, 0.25) is 0 Å². The van der Waals surface area contributed by atoms with Crippen LogP contribution in [0.3, 0.4) is 0 Å². The Morgan fingerprint density at radius 2 is 1.83 bits per heavy atom. The lowest BCUT2D eigenvalue weighted by molar-refractivity contribution is 0.0531. The van der Waals surface area contributed by atoms with Gasteiger partial charge in [-0.05, 0) is 31.4 Å². The summed E-state index contributed by atoms with van der Waals surface area (Å²) in [5.41, 5.74) is 2.77. The van der Waals surface area contributed by atoms with Crippen molar-refractivity contribution >= 4 is 11.8 Å². The smallest absolute Gasteiger partial charge is 0.274 e. The van der Waals surface area contributed by atoms with Gasteiger partial charge >= 0.3 is 0 Å². The summed E-state index contributed by atoms with van der Waals surface area (Å²) in [5.74, 6) is 0.505. The van der Waals surface area contributed by atoms with E-state index in [9.17, 15) is 9.59 Å². The maximum Gasteiger partial charge on any atom is 0.274 e. The fraction of sp³-hybridized carbons (Fsp3) is 0.400. The van der Waals surface area contributed by atoms with Crippen molar-refractivity contribution in [1.29, 1.82) is 0 Å². The van der Waals surface area contributed by atoms with Crippen molar-refractivity contribution in [2.24, 2.45) is 0 Å². The van der Waals surface area contributed by atoms with Crippen LogP contribution in [0.4, 0.5) is 0 Å². The molecule has 3 aromatic rings. The third-order valence-corrected chi connectivity index (χ3v) is 5.65. The molecule has 0 radical (unpaired) electrons. The third-order valence-electron chi connectivity index (χ3n) is 5.65. The van der Waals surface area contributed by atoms with Crippen molar-refractivity contribution in [3.8, 4) is 11.5 Å². The van der Waals surface area contributed by atoms with Crippen molar-refractivity contribution in [3.05, 3.63) is 47.6 Å². The van der Waals surface area contributed by atoms with Gasteiger partial charge in [0.2, 0.25) is 0 Å². The number of hydrogen-bond donors (Lipinski definition) is 1. The van der Waals surface area contributed by atoms with Gasteiger partial charge < -0.3 is 14.2 Å². The molecule has 2 aliphatic heterocycles. The summed E-state index contributed by atoms with van der Waals surface area (Å²) in [4.78, 5) is 29.3. The van der Waals surface area contributed by atoms with Crippen LogP contribution in [0.1, 0.15) is 39.4 Å². The first-order chi connectivity index (χ1) is 14.2. The Bertz CT molecular complexity index is 1030. The molecule has 5 heterocycles. The van der Waals surface area contributed by atoms with Gasteiger partial charge in [-0.15, -0.1) is 0 Å². The number of nitrogens with zero attached hydrogens (tertiary/aromatic N) is 5. The van der Waals surface area contributed by atoms with E-state index in [2.05, 4.69) is 15.3 Å². The first-order valence-electron chi connectivity index (χ1n) is 9.93. The van der Waals surface area contributed by atoms with Crippen molar-refractivity contribution < 1.29 is 14.0 Å². The van der Waals surface area contributed by atoms with Gasteiger partial charge in [0.05, 0.1) is 23.7 Å². The highest BCUT2D eigenvalue weighted by Crippen LogP contribution is 2.21. The van der Waals surface area contributed by atoms with Crippen LogP contribution in [0.25, 0.3) is 11.5 Å². The summed E-state index contributed by atoms with van der Waals surface area (Å²) in [7, 11) is 0. The molecule has 0 aliphatic carbocycles. The second-order valence-corrected chi connectivity index (χ2v) is 7.41. The first-order valence-corrected chi connectivity index (χ1v) is 9.93. The van der Waals surface area contributed by atoms with Crippen LogP contribution in [0.5, 0.6) is 0 Å². The topological polar surface area (TPSA) is 100 Å². The van der Waals surface area contributed by atoms with Crippen LogP contribution in [0.15, 0.2) is 35.1 Å². The molecule has 0 bridgehead atoms. The lowest BCUT2D eigenvalue weighted by Crippen LogP contribution is -2.50. The molecule has 1 saturated heterocycles. The summed E-state index contributed by atoms with van der Waals surface area (Å²) in [6, 6.07) is 5.28. The first kappa shape index (κ1) is 17.7. The van der Waals surface area contributed by atoms with E-state index in [-0.39, 0.29) is 11.8 Å². The minimum absolute atomic E-state index is 0.0140. The summed E-state index contributed by atoms with van der Waals surface area (Å²) in [5, 5.41) is 11.3. The maximum absolute atomic E-state index is 13.0. The monoisotopic (exact) mass is 394 g/mol. The predicted octanol–water partition coefficient (Wildman–Crippen LogP) is 1.80. The van der Waals surface area contributed by atoms with Crippen molar-refractivity contribution in [2.75, 3.05) is 26.2 Å². The molecular weight excluding hydrogens is 372 g/mol. The summed E-state index contributed by atoms with van der Waals surface area (Å²) < 4.78 is 7.28. The zero-order chi connectivity index (χ0) is 19.8. The summed E-state index contributed by atoms with van der Waals surface area (Å²) in [6.07, 6.45) is 6.37. The Morgan fingerprint density at radius 3 is 2.59 bits per heavy atom. The van der Waals surface area contributed by atoms with E-state index in [1.54, 1.807) is 29.5 Å². The molecule has 5 rings (SSSR count). The molecule has 1 fully saturated rings. The fourth-order valence-corrected chi connectivity index (χ4v) is 4.03. The van der Waals surface area contributed by atoms with Crippen molar-refractivity contribution in [3.63, 3.8) is 0 Å². The van der Waals surface area contributed by atoms with Gasteiger partial charge in [-0.3, -0.25) is 19.4 Å². The number of rotatable bonds is 3. The van der Waals surface area contributed by atoms with Crippen LogP contribution in [-0.2, 0) is 13.0 Å². The number of aromatic amines is 1. The van der Waals surface area contributed by atoms with E-state index in [0.29, 0.717) is 48.9 Å². The molecule has 0 aromatic carbocycles. The highest BCUT2D eigenvalue weighted by Gasteiger charge is 2.29. The lowest BCUT2D eigenvalue weighted by atomic mass is 10.1. The van der Waals surface area contributed by atoms with Crippen molar-refractivity contribution in [1.82, 2.24) is 29.8 Å².